The van der Waals surface area contributed by atoms with Crippen molar-refractivity contribution >= 4 is 15.9 Å². The van der Waals surface area contributed by atoms with Crippen molar-refractivity contribution in [3.8, 4) is 0 Å². The second-order valence-electron chi connectivity index (χ2n) is 4.49. The van der Waals surface area contributed by atoms with E-state index in [1.54, 1.807) is 6.07 Å². The first kappa shape index (κ1) is 14.2. The summed E-state index contributed by atoms with van der Waals surface area (Å²) >= 11 is 3.34. The highest BCUT2D eigenvalue weighted by Gasteiger charge is 2.15. The van der Waals surface area contributed by atoms with Crippen LogP contribution in [0.3, 0.4) is 0 Å². The molecule has 0 aliphatic rings. The number of pyridine rings is 1. The fourth-order valence-corrected chi connectivity index (χ4v) is 2.59. The summed E-state index contributed by atoms with van der Waals surface area (Å²) in [6, 6.07) is 6.96. The summed E-state index contributed by atoms with van der Waals surface area (Å²) in [5.41, 5.74) is 3.02. The maximum atomic E-state index is 13.6. The normalized spacial score (nSPS) is 12.4. The smallest absolute Gasteiger partial charge is 0.124 e. The highest BCUT2D eigenvalue weighted by Crippen LogP contribution is 2.25. The van der Waals surface area contributed by atoms with Crippen LogP contribution in [0.4, 0.5) is 4.39 Å². The Hall–Kier alpha value is -1.26. The Morgan fingerprint density at radius 2 is 2.00 bits per heavy atom. The van der Waals surface area contributed by atoms with Crippen molar-refractivity contribution in [2.45, 2.75) is 19.9 Å². The third-order valence-electron chi connectivity index (χ3n) is 2.86. The molecule has 2 aromatic rings. The van der Waals surface area contributed by atoms with Gasteiger partial charge in [0, 0.05) is 16.9 Å². The molecule has 1 atom stereocenters. The zero-order valence-electron chi connectivity index (χ0n) is 11.0. The lowest BCUT2D eigenvalue weighted by atomic mass is 9.99. The van der Waals surface area contributed by atoms with Gasteiger partial charge in [0.1, 0.15) is 5.82 Å². The highest BCUT2D eigenvalue weighted by atomic mass is 79.9. The van der Waals surface area contributed by atoms with E-state index in [9.17, 15) is 4.39 Å². The first-order chi connectivity index (χ1) is 9.10. The molecule has 1 aromatic carbocycles. The lowest BCUT2D eigenvalue weighted by Gasteiger charge is -2.19. The molecule has 1 aromatic heterocycles. The maximum absolute atomic E-state index is 13.6. The molecular formula is C15H16BrFN2. The molecular weight excluding hydrogens is 307 g/mol. The highest BCUT2D eigenvalue weighted by molar-refractivity contribution is 9.10. The molecule has 1 N–H and O–H groups in total. The summed E-state index contributed by atoms with van der Waals surface area (Å²) in [6.07, 6.45) is 3.63. The van der Waals surface area contributed by atoms with Gasteiger partial charge in [-0.2, -0.15) is 0 Å². The van der Waals surface area contributed by atoms with Gasteiger partial charge in [0.25, 0.3) is 0 Å². The second-order valence-corrected chi connectivity index (χ2v) is 5.40. The molecule has 0 bridgehead atoms. The van der Waals surface area contributed by atoms with E-state index in [1.807, 2.05) is 32.3 Å². The zero-order chi connectivity index (χ0) is 13.8. The number of aromatic nitrogens is 1. The van der Waals surface area contributed by atoms with Crippen LogP contribution in [0.15, 0.2) is 41.1 Å². The van der Waals surface area contributed by atoms with E-state index in [0.717, 1.165) is 27.7 Å². The first-order valence-electron chi connectivity index (χ1n) is 6.21. The standard InChI is InChI=1S/C15H16BrFN2/c1-3-19-15(12-4-10(2)8-18-9-12)11-5-13(16)7-14(17)6-11/h4-9,15,19H,3H2,1-2H3. The van der Waals surface area contributed by atoms with E-state index in [4.69, 9.17) is 0 Å². The number of benzene rings is 1. The van der Waals surface area contributed by atoms with Crippen molar-refractivity contribution in [1.82, 2.24) is 10.3 Å². The van der Waals surface area contributed by atoms with Gasteiger partial charge in [-0.25, -0.2) is 4.39 Å². The Labute approximate surface area is 121 Å². The summed E-state index contributed by atoms with van der Waals surface area (Å²) in [4.78, 5) is 4.21. The molecule has 0 radical (unpaired) electrons. The number of rotatable bonds is 4. The van der Waals surface area contributed by atoms with Gasteiger partial charge in [-0.3, -0.25) is 4.98 Å². The lowest BCUT2D eigenvalue weighted by molar-refractivity contribution is 0.601. The van der Waals surface area contributed by atoms with Gasteiger partial charge >= 0.3 is 0 Å². The molecule has 19 heavy (non-hydrogen) atoms. The number of halogens is 2. The average molecular weight is 323 g/mol. The van der Waals surface area contributed by atoms with Gasteiger partial charge < -0.3 is 5.32 Å². The Morgan fingerprint density at radius 3 is 2.63 bits per heavy atom. The van der Waals surface area contributed by atoms with Crippen LogP contribution >= 0.6 is 15.9 Å². The molecule has 0 saturated heterocycles. The fraction of sp³-hybridized carbons (Fsp3) is 0.267. The number of nitrogens with zero attached hydrogens (tertiary/aromatic N) is 1. The van der Waals surface area contributed by atoms with Crippen molar-refractivity contribution in [3.63, 3.8) is 0 Å². The molecule has 0 saturated carbocycles. The number of nitrogens with one attached hydrogen (secondary N) is 1. The van der Waals surface area contributed by atoms with Crippen LogP contribution in [-0.2, 0) is 0 Å². The summed E-state index contributed by atoms with van der Waals surface area (Å²) in [5, 5.41) is 3.37. The van der Waals surface area contributed by atoms with Crippen molar-refractivity contribution in [2.75, 3.05) is 6.54 Å². The van der Waals surface area contributed by atoms with E-state index in [-0.39, 0.29) is 11.9 Å². The van der Waals surface area contributed by atoms with E-state index < -0.39 is 0 Å². The van der Waals surface area contributed by atoms with Gasteiger partial charge in [-0.05, 0) is 48.4 Å². The van der Waals surface area contributed by atoms with Crippen LogP contribution in [0, 0.1) is 12.7 Å². The largest absolute Gasteiger partial charge is 0.306 e. The zero-order valence-corrected chi connectivity index (χ0v) is 12.5. The van der Waals surface area contributed by atoms with Crippen molar-refractivity contribution in [1.29, 1.82) is 0 Å². The minimum absolute atomic E-state index is 0.0515. The SMILES string of the molecule is CCNC(c1cncc(C)c1)c1cc(F)cc(Br)c1. The average Bonchev–Trinajstić information content (AvgIpc) is 2.34. The van der Waals surface area contributed by atoms with E-state index in [1.165, 1.54) is 6.07 Å². The van der Waals surface area contributed by atoms with E-state index >= 15 is 0 Å². The Kier molecular flexibility index (Phi) is 4.66. The minimum Gasteiger partial charge on any atom is -0.306 e. The minimum atomic E-state index is -0.243. The number of aryl methyl sites for hydroxylation is 1. The maximum Gasteiger partial charge on any atom is 0.124 e. The van der Waals surface area contributed by atoms with E-state index in [2.05, 4.69) is 32.3 Å². The monoisotopic (exact) mass is 322 g/mol. The topological polar surface area (TPSA) is 24.9 Å². The van der Waals surface area contributed by atoms with Crippen LogP contribution in [0.25, 0.3) is 0 Å². The summed E-state index contributed by atoms with van der Waals surface area (Å²) in [7, 11) is 0. The number of hydrogen-bond acceptors (Lipinski definition) is 2. The van der Waals surface area contributed by atoms with Crippen LogP contribution in [0.2, 0.25) is 0 Å². The number of hydrogen-bond donors (Lipinski definition) is 1. The third kappa shape index (κ3) is 3.61. The Bertz CT molecular complexity index is 552. The van der Waals surface area contributed by atoms with Crippen molar-refractivity contribution in [3.05, 3.63) is 63.6 Å². The molecule has 2 nitrogen and oxygen atoms in total. The predicted octanol–water partition coefficient (Wildman–Crippen LogP) is 3.99. The lowest BCUT2D eigenvalue weighted by Crippen LogP contribution is -2.22. The van der Waals surface area contributed by atoms with Gasteiger partial charge in [0.2, 0.25) is 0 Å². The molecule has 1 unspecified atom stereocenters. The summed E-state index contributed by atoms with van der Waals surface area (Å²) in [6.45, 7) is 4.83. The quantitative estimate of drug-likeness (QED) is 0.920. The molecule has 0 spiro atoms. The van der Waals surface area contributed by atoms with Crippen LogP contribution in [0.1, 0.15) is 29.7 Å². The fourth-order valence-electron chi connectivity index (χ4n) is 2.11. The van der Waals surface area contributed by atoms with Gasteiger partial charge in [-0.1, -0.05) is 28.9 Å². The first-order valence-corrected chi connectivity index (χ1v) is 7.00. The van der Waals surface area contributed by atoms with Crippen molar-refractivity contribution < 1.29 is 4.39 Å². The Morgan fingerprint density at radius 1 is 1.21 bits per heavy atom. The molecule has 2 rings (SSSR count). The summed E-state index contributed by atoms with van der Waals surface area (Å²) in [5.74, 6) is -0.243. The molecule has 4 heteroatoms. The van der Waals surface area contributed by atoms with E-state index in [0.29, 0.717) is 0 Å². The second kappa shape index (κ2) is 6.26. The molecule has 0 aliphatic carbocycles. The summed E-state index contributed by atoms with van der Waals surface area (Å²) < 4.78 is 14.3. The van der Waals surface area contributed by atoms with Crippen LogP contribution in [0.5, 0.6) is 0 Å². The molecule has 0 aliphatic heterocycles. The molecule has 1 heterocycles. The van der Waals surface area contributed by atoms with Crippen molar-refractivity contribution in [2.24, 2.45) is 0 Å². The third-order valence-corrected chi connectivity index (χ3v) is 3.31. The van der Waals surface area contributed by atoms with Crippen LogP contribution in [-0.4, -0.2) is 11.5 Å². The van der Waals surface area contributed by atoms with Gasteiger partial charge in [-0.15, -0.1) is 0 Å². The predicted molar refractivity (Wildman–Crippen MR) is 78.6 cm³/mol. The molecule has 100 valence electrons. The Balaban J connectivity index is 2.44. The van der Waals surface area contributed by atoms with Crippen LogP contribution < -0.4 is 5.32 Å². The molecule has 0 amide bonds. The van der Waals surface area contributed by atoms with Gasteiger partial charge in [0.05, 0.1) is 6.04 Å². The molecule has 0 fully saturated rings. The van der Waals surface area contributed by atoms with Gasteiger partial charge in [0.15, 0.2) is 0 Å².